The second-order valence-corrected chi connectivity index (χ2v) is 6.25. The topological polar surface area (TPSA) is 29.1 Å². The zero-order chi connectivity index (χ0) is 15.5. The Morgan fingerprint density at radius 3 is 2.41 bits per heavy atom. The number of rotatable bonds is 3. The van der Waals surface area contributed by atoms with Crippen LogP contribution in [-0.4, -0.2) is 5.91 Å². The smallest absolute Gasteiger partial charge is 0.256 e. The molecule has 0 saturated heterocycles. The molecule has 1 amide bonds. The summed E-state index contributed by atoms with van der Waals surface area (Å²) in [6.45, 7) is 1.98. The van der Waals surface area contributed by atoms with E-state index >= 15 is 0 Å². The van der Waals surface area contributed by atoms with Crippen molar-refractivity contribution in [1.82, 2.24) is 0 Å². The van der Waals surface area contributed by atoms with Crippen molar-refractivity contribution in [3.8, 4) is 10.4 Å². The summed E-state index contributed by atoms with van der Waals surface area (Å²) in [5.41, 5.74) is 3.58. The molecule has 2 aromatic carbocycles. The molecule has 0 aliphatic heterocycles. The monoisotopic (exact) mass is 327 g/mol. The van der Waals surface area contributed by atoms with E-state index in [0.29, 0.717) is 10.6 Å². The summed E-state index contributed by atoms with van der Waals surface area (Å²) in [6.07, 6.45) is 0. The quantitative estimate of drug-likeness (QED) is 0.663. The molecule has 0 aliphatic carbocycles. The molecule has 0 unspecified atom stereocenters. The van der Waals surface area contributed by atoms with Crippen LogP contribution in [0.15, 0.2) is 60.0 Å². The molecule has 1 aromatic heterocycles. The number of thiophene rings is 1. The summed E-state index contributed by atoms with van der Waals surface area (Å²) < 4.78 is 0. The molecule has 0 aliphatic rings. The normalized spacial score (nSPS) is 10.5. The van der Waals surface area contributed by atoms with Gasteiger partial charge in [0.05, 0.1) is 5.56 Å². The van der Waals surface area contributed by atoms with Gasteiger partial charge in [-0.15, -0.1) is 11.3 Å². The van der Waals surface area contributed by atoms with Gasteiger partial charge in [0.2, 0.25) is 0 Å². The molecule has 1 N–H and O–H groups in total. The number of halogens is 1. The van der Waals surface area contributed by atoms with Crippen molar-refractivity contribution >= 4 is 34.5 Å². The standard InChI is InChI=1S/C18H14ClNOS/c1-12-16(11-22-17(12)13-5-3-2-4-6-13)18(21)20-15-9-7-14(19)8-10-15/h2-11H,1H3,(H,20,21). The van der Waals surface area contributed by atoms with Gasteiger partial charge in [-0.3, -0.25) is 4.79 Å². The maximum Gasteiger partial charge on any atom is 0.256 e. The third-order valence-electron chi connectivity index (χ3n) is 3.42. The summed E-state index contributed by atoms with van der Waals surface area (Å²) in [6, 6.07) is 17.2. The molecule has 0 spiro atoms. The molecule has 4 heteroatoms. The fraction of sp³-hybridized carbons (Fsp3) is 0.0556. The zero-order valence-electron chi connectivity index (χ0n) is 12.0. The summed E-state index contributed by atoms with van der Waals surface area (Å²) in [5, 5.41) is 5.45. The Morgan fingerprint density at radius 1 is 1.05 bits per heavy atom. The van der Waals surface area contributed by atoms with Gasteiger partial charge in [0.15, 0.2) is 0 Å². The van der Waals surface area contributed by atoms with Gasteiger partial charge in [-0.05, 0) is 42.3 Å². The van der Waals surface area contributed by atoms with Gasteiger partial charge in [-0.2, -0.15) is 0 Å². The van der Waals surface area contributed by atoms with Crippen LogP contribution in [0.3, 0.4) is 0 Å². The minimum absolute atomic E-state index is 0.0988. The highest BCUT2D eigenvalue weighted by Crippen LogP contribution is 2.32. The number of hydrogen-bond acceptors (Lipinski definition) is 2. The predicted molar refractivity (Wildman–Crippen MR) is 93.9 cm³/mol. The number of amides is 1. The first-order chi connectivity index (χ1) is 10.6. The maximum absolute atomic E-state index is 12.4. The van der Waals surface area contributed by atoms with Crippen molar-refractivity contribution in [3.05, 3.63) is 76.1 Å². The van der Waals surface area contributed by atoms with Crippen LogP contribution in [0.2, 0.25) is 5.02 Å². The molecular formula is C18H14ClNOS. The van der Waals surface area contributed by atoms with Crippen LogP contribution in [-0.2, 0) is 0 Å². The summed E-state index contributed by atoms with van der Waals surface area (Å²) in [7, 11) is 0. The molecule has 22 heavy (non-hydrogen) atoms. The molecule has 0 atom stereocenters. The van der Waals surface area contributed by atoms with Crippen molar-refractivity contribution in [2.24, 2.45) is 0 Å². The molecule has 0 saturated carbocycles. The van der Waals surface area contributed by atoms with E-state index in [0.717, 1.165) is 21.7 Å². The van der Waals surface area contributed by atoms with E-state index in [-0.39, 0.29) is 5.91 Å². The Labute approximate surface area is 138 Å². The van der Waals surface area contributed by atoms with Gasteiger partial charge in [-0.25, -0.2) is 0 Å². The van der Waals surface area contributed by atoms with E-state index in [1.165, 1.54) is 0 Å². The van der Waals surface area contributed by atoms with Crippen molar-refractivity contribution in [3.63, 3.8) is 0 Å². The van der Waals surface area contributed by atoms with E-state index < -0.39 is 0 Å². The second-order valence-electron chi connectivity index (χ2n) is 4.93. The lowest BCUT2D eigenvalue weighted by Crippen LogP contribution is -2.12. The second kappa shape index (κ2) is 6.34. The number of carbonyl (C=O) groups excluding carboxylic acids is 1. The molecule has 0 radical (unpaired) electrons. The molecular weight excluding hydrogens is 314 g/mol. The SMILES string of the molecule is Cc1c(C(=O)Nc2ccc(Cl)cc2)csc1-c1ccccc1. The molecule has 110 valence electrons. The molecule has 1 heterocycles. The van der Waals surface area contributed by atoms with E-state index in [9.17, 15) is 4.79 Å². The fourth-order valence-electron chi connectivity index (χ4n) is 2.25. The Morgan fingerprint density at radius 2 is 1.73 bits per heavy atom. The number of hydrogen-bond donors (Lipinski definition) is 1. The molecule has 3 aromatic rings. The van der Waals surface area contributed by atoms with E-state index in [2.05, 4.69) is 17.4 Å². The van der Waals surface area contributed by atoms with Crippen LogP contribution in [0.5, 0.6) is 0 Å². The number of carbonyl (C=O) groups is 1. The summed E-state index contributed by atoms with van der Waals surface area (Å²) in [5.74, 6) is -0.0988. The first-order valence-corrected chi connectivity index (χ1v) is 8.11. The lowest BCUT2D eigenvalue weighted by atomic mass is 10.1. The number of nitrogens with one attached hydrogen (secondary N) is 1. The number of anilines is 1. The first kappa shape index (κ1) is 14.8. The highest BCUT2D eigenvalue weighted by atomic mass is 35.5. The van der Waals surface area contributed by atoms with E-state index in [4.69, 9.17) is 11.6 Å². The minimum atomic E-state index is -0.0988. The van der Waals surface area contributed by atoms with E-state index in [1.807, 2.05) is 30.5 Å². The van der Waals surface area contributed by atoms with Crippen molar-refractivity contribution in [1.29, 1.82) is 0 Å². The van der Waals surface area contributed by atoms with Crippen LogP contribution in [0.1, 0.15) is 15.9 Å². The van der Waals surface area contributed by atoms with Crippen molar-refractivity contribution in [2.75, 3.05) is 5.32 Å². The highest BCUT2D eigenvalue weighted by Gasteiger charge is 2.15. The number of benzene rings is 2. The molecule has 0 bridgehead atoms. The van der Waals surface area contributed by atoms with Crippen LogP contribution in [0.25, 0.3) is 10.4 Å². The van der Waals surface area contributed by atoms with Crippen LogP contribution in [0, 0.1) is 6.92 Å². The van der Waals surface area contributed by atoms with Gasteiger partial charge >= 0.3 is 0 Å². The summed E-state index contributed by atoms with van der Waals surface area (Å²) >= 11 is 7.44. The van der Waals surface area contributed by atoms with Crippen molar-refractivity contribution < 1.29 is 4.79 Å². The third-order valence-corrected chi connectivity index (χ3v) is 4.81. The van der Waals surface area contributed by atoms with Gasteiger partial charge < -0.3 is 5.32 Å². The van der Waals surface area contributed by atoms with Crippen LogP contribution >= 0.6 is 22.9 Å². The van der Waals surface area contributed by atoms with Crippen LogP contribution < -0.4 is 5.32 Å². The van der Waals surface area contributed by atoms with Gasteiger partial charge in [0.25, 0.3) is 5.91 Å². The lowest BCUT2D eigenvalue weighted by molar-refractivity contribution is 0.102. The average molecular weight is 328 g/mol. The molecule has 2 nitrogen and oxygen atoms in total. The average Bonchev–Trinajstić information content (AvgIpc) is 2.92. The van der Waals surface area contributed by atoms with Crippen molar-refractivity contribution in [2.45, 2.75) is 6.92 Å². The lowest BCUT2D eigenvalue weighted by Gasteiger charge is -2.06. The predicted octanol–water partition coefficient (Wildman–Crippen LogP) is 5.63. The Hall–Kier alpha value is -2.10. The molecule has 0 fully saturated rings. The Kier molecular flexibility index (Phi) is 4.27. The third kappa shape index (κ3) is 3.06. The highest BCUT2D eigenvalue weighted by molar-refractivity contribution is 7.14. The molecule has 3 rings (SSSR count). The summed E-state index contributed by atoms with van der Waals surface area (Å²) in [4.78, 5) is 13.6. The Balaban J connectivity index is 1.85. The van der Waals surface area contributed by atoms with Crippen LogP contribution in [0.4, 0.5) is 5.69 Å². The largest absolute Gasteiger partial charge is 0.322 e. The van der Waals surface area contributed by atoms with Gasteiger partial charge in [0, 0.05) is 21.0 Å². The van der Waals surface area contributed by atoms with E-state index in [1.54, 1.807) is 35.6 Å². The fourth-order valence-corrected chi connectivity index (χ4v) is 3.45. The first-order valence-electron chi connectivity index (χ1n) is 6.85. The minimum Gasteiger partial charge on any atom is -0.322 e. The zero-order valence-corrected chi connectivity index (χ0v) is 13.5. The van der Waals surface area contributed by atoms with Gasteiger partial charge in [-0.1, -0.05) is 41.9 Å². The maximum atomic E-state index is 12.4. The van der Waals surface area contributed by atoms with Gasteiger partial charge in [0.1, 0.15) is 0 Å². The Bertz CT molecular complexity index is 794.